The topological polar surface area (TPSA) is 62.7 Å². The molecule has 0 saturated heterocycles. The molecule has 0 saturated carbocycles. The van der Waals surface area contributed by atoms with E-state index in [2.05, 4.69) is 62.7 Å². The van der Waals surface area contributed by atoms with E-state index in [1.807, 2.05) is 0 Å². The maximum absolute atomic E-state index is 11.9. The van der Waals surface area contributed by atoms with Crippen LogP contribution in [-0.4, -0.2) is 31.5 Å². The van der Waals surface area contributed by atoms with Gasteiger partial charge in [0.15, 0.2) is 5.71 Å². The van der Waals surface area contributed by atoms with Crippen LogP contribution < -0.4 is 10.6 Å². The molecule has 1 aliphatic carbocycles. The summed E-state index contributed by atoms with van der Waals surface area (Å²) in [5, 5.41) is 6.57. The van der Waals surface area contributed by atoms with Crippen LogP contribution in [0.5, 0.6) is 0 Å². The highest BCUT2D eigenvalue weighted by Crippen LogP contribution is 2.41. The van der Waals surface area contributed by atoms with Crippen molar-refractivity contribution in [1.29, 1.82) is 0 Å². The first kappa shape index (κ1) is 18.1. The minimum atomic E-state index is -0.423. The SMILES string of the molecule is CCC1(CCNC2NC=C(Br)N=C2C(=O)OC)Cc2ccccc2C1. The molecule has 134 valence electrons. The summed E-state index contributed by atoms with van der Waals surface area (Å²) in [7, 11) is 1.37. The number of halogens is 1. The highest BCUT2D eigenvalue weighted by molar-refractivity contribution is 9.11. The molecular weight excluding hydrogens is 382 g/mol. The average Bonchev–Trinajstić information content (AvgIpc) is 3.01. The van der Waals surface area contributed by atoms with Gasteiger partial charge in [0.25, 0.3) is 0 Å². The molecule has 25 heavy (non-hydrogen) atoms. The molecule has 0 aromatic heterocycles. The van der Waals surface area contributed by atoms with Crippen LogP contribution in [-0.2, 0) is 22.4 Å². The lowest BCUT2D eigenvalue weighted by atomic mass is 9.79. The number of rotatable bonds is 6. The number of ether oxygens (including phenoxy) is 1. The second-order valence-corrected chi connectivity index (χ2v) is 7.55. The van der Waals surface area contributed by atoms with E-state index in [1.165, 1.54) is 18.2 Å². The van der Waals surface area contributed by atoms with Crippen molar-refractivity contribution in [1.82, 2.24) is 10.6 Å². The van der Waals surface area contributed by atoms with E-state index >= 15 is 0 Å². The Morgan fingerprint density at radius 2 is 2.08 bits per heavy atom. The average molecular weight is 406 g/mol. The van der Waals surface area contributed by atoms with Gasteiger partial charge in [0, 0.05) is 6.20 Å². The normalized spacial score (nSPS) is 21.0. The zero-order chi connectivity index (χ0) is 17.9. The van der Waals surface area contributed by atoms with Crippen molar-refractivity contribution in [2.75, 3.05) is 13.7 Å². The van der Waals surface area contributed by atoms with Gasteiger partial charge >= 0.3 is 5.97 Å². The van der Waals surface area contributed by atoms with Crippen LogP contribution in [0.4, 0.5) is 0 Å². The fourth-order valence-corrected chi connectivity index (χ4v) is 4.05. The molecule has 1 aromatic carbocycles. The number of methoxy groups -OCH3 is 1. The van der Waals surface area contributed by atoms with Crippen LogP contribution in [0.1, 0.15) is 30.9 Å². The molecule has 6 heteroatoms. The van der Waals surface area contributed by atoms with Crippen LogP contribution in [0.2, 0.25) is 0 Å². The molecule has 1 atom stereocenters. The van der Waals surface area contributed by atoms with E-state index in [0.29, 0.717) is 15.7 Å². The number of nitrogens with one attached hydrogen (secondary N) is 2. The molecule has 3 rings (SSSR count). The van der Waals surface area contributed by atoms with Crippen molar-refractivity contribution in [2.24, 2.45) is 10.4 Å². The van der Waals surface area contributed by atoms with Crippen LogP contribution >= 0.6 is 15.9 Å². The van der Waals surface area contributed by atoms with Gasteiger partial charge in [-0.3, -0.25) is 5.32 Å². The standard InChI is InChI=1S/C19H24BrN3O2/c1-3-19(10-13-6-4-5-7-14(13)11-19)8-9-21-17-16(18(24)25-2)23-15(20)12-22-17/h4-7,12,17,21-22H,3,8-11H2,1-2H3. The van der Waals surface area contributed by atoms with Crippen molar-refractivity contribution in [3.05, 3.63) is 46.2 Å². The first-order valence-corrected chi connectivity index (χ1v) is 9.45. The van der Waals surface area contributed by atoms with E-state index < -0.39 is 5.97 Å². The Kier molecular flexibility index (Phi) is 5.59. The van der Waals surface area contributed by atoms with Crippen molar-refractivity contribution >= 4 is 27.6 Å². The van der Waals surface area contributed by atoms with Crippen LogP contribution in [0, 0.1) is 5.41 Å². The Hall–Kier alpha value is -1.66. The van der Waals surface area contributed by atoms with Gasteiger partial charge in [-0.1, -0.05) is 31.2 Å². The Bertz CT molecular complexity index is 689. The van der Waals surface area contributed by atoms with Crippen LogP contribution in [0.25, 0.3) is 0 Å². The van der Waals surface area contributed by atoms with Gasteiger partial charge in [-0.05, 0) is 64.7 Å². The predicted octanol–water partition coefficient (Wildman–Crippen LogP) is 2.90. The molecule has 0 bridgehead atoms. The van der Waals surface area contributed by atoms with Crippen LogP contribution in [0.3, 0.4) is 0 Å². The predicted molar refractivity (Wildman–Crippen MR) is 103 cm³/mol. The summed E-state index contributed by atoms with van der Waals surface area (Å²) < 4.78 is 5.42. The number of carbonyl (C=O) groups is 1. The minimum absolute atomic E-state index is 0.296. The zero-order valence-corrected chi connectivity index (χ0v) is 16.2. The minimum Gasteiger partial charge on any atom is -0.464 e. The third-order valence-corrected chi connectivity index (χ3v) is 5.67. The molecular formula is C19H24BrN3O2. The molecule has 2 aliphatic rings. The summed E-state index contributed by atoms with van der Waals surface area (Å²) in [6.45, 7) is 3.08. The first-order chi connectivity index (χ1) is 12.1. The van der Waals surface area contributed by atoms with Gasteiger partial charge in [-0.2, -0.15) is 0 Å². The van der Waals surface area contributed by atoms with E-state index in [0.717, 1.165) is 32.2 Å². The number of esters is 1. The maximum atomic E-state index is 11.9. The highest BCUT2D eigenvalue weighted by atomic mass is 79.9. The largest absolute Gasteiger partial charge is 0.464 e. The van der Waals surface area contributed by atoms with E-state index in [4.69, 9.17) is 4.74 Å². The van der Waals surface area contributed by atoms with Crippen molar-refractivity contribution in [3.63, 3.8) is 0 Å². The summed E-state index contributed by atoms with van der Waals surface area (Å²) in [6, 6.07) is 8.73. The fourth-order valence-electron chi connectivity index (χ4n) is 3.72. The number of fused-ring (bicyclic) bond motifs is 1. The lowest BCUT2D eigenvalue weighted by Gasteiger charge is -2.29. The van der Waals surface area contributed by atoms with Gasteiger partial charge in [-0.25, -0.2) is 9.79 Å². The molecule has 1 aliphatic heterocycles. The van der Waals surface area contributed by atoms with Gasteiger partial charge in [0.05, 0.1) is 7.11 Å². The van der Waals surface area contributed by atoms with Gasteiger partial charge in [0.2, 0.25) is 0 Å². The summed E-state index contributed by atoms with van der Waals surface area (Å²) in [5.41, 5.74) is 3.59. The smallest absolute Gasteiger partial charge is 0.356 e. The van der Waals surface area contributed by atoms with E-state index in [-0.39, 0.29) is 6.17 Å². The Balaban J connectivity index is 1.61. The lowest BCUT2D eigenvalue weighted by molar-refractivity contribution is -0.133. The number of nitrogens with zero attached hydrogens (tertiary/aromatic N) is 1. The second-order valence-electron chi connectivity index (χ2n) is 6.74. The Morgan fingerprint density at radius 1 is 1.40 bits per heavy atom. The molecule has 0 radical (unpaired) electrons. The third-order valence-electron chi connectivity index (χ3n) is 5.27. The number of hydrogen-bond donors (Lipinski definition) is 2. The third kappa shape index (κ3) is 3.96. The molecule has 1 unspecified atom stereocenters. The molecule has 0 amide bonds. The Morgan fingerprint density at radius 3 is 2.68 bits per heavy atom. The van der Waals surface area contributed by atoms with Crippen molar-refractivity contribution < 1.29 is 9.53 Å². The monoisotopic (exact) mass is 405 g/mol. The van der Waals surface area contributed by atoms with Crippen LogP contribution in [0.15, 0.2) is 40.1 Å². The first-order valence-electron chi connectivity index (χ1n) is 8.66. The molecule has 1 aromatic rings. The van der Waals surface area contributed by atoms with Gasteiger partial charge < -0.3 is 10.1 Å². The number of carbonyl (C=O) groups excluding carboxylic acids is 1. The van der Waals surface area contributed by atoms with Gasteiger partial charge in [-0.15, -0.1) is 0 Å². The molecule has 1 heterocycles. The molecule has 5 nitrogen and oxygen atoms in total. The molecule has 0 spiro atoms. The number of benzene rings is 1. The lowest BCUT2D eigenvalue weighted by Crippen LogP contribution is -2.51. The summed E-state index contributed by atoms with van der Waals surface area (Å²) in [5.74, 6) is -0.423. The maximum Gasteiger partial charge on any atom is 0.356 e. The number of aliphatic imine (C=N–C) groups is 1. The highest BCUT2D eigenvalue weighted by Gasteiger charge is 2.35. The molecule has 2 N–H and O–H groups in total. The second kappa shape index (κ2) is 7.70. The number of hydrogen-bond acceptors (Lipinski definition) is 5. The molecule has 0 fully saturated rings. The summed E-state index contributed by atoms with van der Waals surface area (Å²) in [4.78, 5) is 16.2. The van der Waals surface area contributed by atoms with Crippen molar-refractivity contribution in [3.8, 4) is 0 Å². The summed E-state index contributed by atoms with van der Waals surface area (Å²) in [6.07, 6.45) is 5.86. The van der Waals surface area contributed by atoms with Gasteiger partial charge in [0.1, 0.15) is 10.8 Å². The van der Waals surface area contributed by atoms with E-state index in [1.54, 1.807) is 6.20 Å². The van der Waals surface area contributed by atoms with E-state index in [9.17, 15) is 4.79 Å². The summed E-state index contributed by atoms with van der Waals surface area (Å²) >= 11 is 3.29. The fraction of sp³-hybridized carbons (Fsp3) is 0.474. The quantitative estimate of drug-likeness (QED) is 0.564. The zero-order valence-electron chi connectivity index (χ0n) is 14.6. The van der Waals surface area contributed by atoms with Crippen molar-refractivity contribution in [2.45, 2.75) is 38.8 Å². The Labute approximate surface area is 157 Å².